The van der Waals surface area contributed by atoms with Crippen LogP contribution in [0.3, 0.4) is 0 Å². The van der Waals surface area contributed by atoms with E-state index < -0.39 is 11.9 Å². The van der Waals surface area contributed by atoms with Crippen molar-refractivity contribution in [2.75, 3.05) is 0 Å². The lowest BCUT2D eigenvalue weighted by Crippen LogP contribution is -2.26. The third-order valence-electron chi connectivity index (χ3n) is 4.59. The van der Waals surface area contributed by atoms with E-state index in [0.29, 0.717) is 24.0 Å². The molecule has 0 spiro atoms. The van der Waals surface area contributed by atoms with Crippen molar-refractivity contribution in [1.29, 1.82) is 0 Å². The molecule has 2 amide bonds. The average molecular weight is 440 g/mol. The van der Waals surface area contributed by atoms with Gasteiger partial charge in [-0.05, 0) is 37.1 Å². The second-order valence-electron chi connectivity index (χ2n) is 7.18. The van der Waals surface area contributed by atoms with Crippen molar-refractivity contribution in [2.45, 2.75) is 51.4 Å². The van der Waals surface area contributed by atoms with Gasteiger partial charge in [0.25, 0.3) is 11.8 Å². The molecule has 32 heavy (non-hydrogen) atoms. The molecule has 2 rings (SSSR count). The van der Waals surface area contributed by atoms with E-state index in [1.165, 1.54) is 0 Å². The molecule has 0 atom stereocenters. The molecule has 0 saturated carbocycles. The van der Waals surface area contributed by atoms with Crippen molar-refractivity contribution < 1.29 is 28.9 Å². The monoisotopic (exact) mass is 440 g/mol. The summed E-state index contributed by atoms with van der Waals surface area (Å²) in [5.41, 5.74) is 5.07. The fourth-order valence-electron chi connectivity index (χ4n) is 2.85. The summed E-state index contributed by atoms with van der Waals surface area (Å²) in [4.78, 5) is 56.4. The molecule has 0 aliphatic heterocycles. The minimum atomic E-state index is -0.599. The average Bonchev–Trinajstić information content (AvgIpc) is 2.83. The van der Waals surface area contributed by atoms with Crippen LogP contribution in [0.4, 0.5) is 0 Å². The van der Waals surface area contributed by atoms with Crippen molar-refractivity contribution in [3.05, 3.63) is 71.8 Å². The zero-order valence-corrected chi connectivity index (χ0v) is 17.9. The molecular formula is C24H28N2O6. The molecule has 2 aromatic rings. The third kappa shape index (κ3) is 9.88. The van der Waals surface area contributed by atoms with Crippen molar-refractivity contribution >= 4 is 23.8 Å². The summed E-state index contributed by atoms with van der Waals surface area (Å²) >= 11 is 0. The van der Waals surface area contributed by atoms with Gasteiger partial charge >= 0.3 is 11.9 Å². The van der Waals surface area contributed by atoms with Gasteiger partial charge in [0.05, 0.1) is 11.1 Å². The number of unbranched alkanes of at least 4 members (excludes halogenated alkanes) is 5. The first-order valence-electron chi connectivity index (χ1n) is 10.7. The maximum absolute atomic E-state index is 11.7. The van der Waals surface area contributed by atoms with E-state index in [1.54, 1.807) is 60.7 Å². The Balaban J connectivity index is 1.42. The van der Waals surface area contributed by atoms with E-state index in [9.17, 15) is 19.2 Å². The minimum absolute atomic E-state index is 0.275. The number of carbonyl (C=O) groups excluding carboxylic acids is 4. The fourth-order valence-corrected chi connectivity index (χ4v) is 2.85. The van der Waals surface area contributed by atoms with E-state index in [1.807, 2.05) is 0 Å². The number of hydroxylamine groups is 2. The fraction of sp³-hybridized carbons (Fsp3) is 0.333. The Hall–Kier alpha value is -3.68. The minimum Gasteiger partial charge on any atom is -0.335 e. The standard InChI is InChI=1S/C24H28N2O6/c27-21(25-31-23(29)19-13-7-5-8-14-19)17-11-3-1-2-4-12-18-22(28)26-32-24(30)20-15-9-6-10-16-20/h5-10,13-16H,1-4,11-12,17-18H2,(H,25,27)(H,26,28). The van der Waals surface area contributed by atoms with Gasteiger partial charge in [0.2, 0.25) is 0 Å². The number of amides is 2. The largest absolute Gasteiger partial charge is 0.362 e. The van der Waals surface area contributed by atoms with Gasteiger partial charge in [-0.3, -0.25) is 9.59 Å². The molecule has 170 valence electrons. The smallest absolute Gasteiger partial charge is 0.335 e. The summed E-state index contributed by atoms with van der Waals surface area (Å²) in [5, 5.41) is 0. The van der Waals surface area contributed by atoms with E-state index >= 15 is 0 Å². The Morgan fingerprint density at radius 1 is 0.531 bits per heavy atom. The van der Waals surface area contributed by atoms with Gasteiger partial charge in [0.1, 0.15) is 0 Å². The SMILES string of the molecule is O=C(CCCCCCCCC(=O)NOC(=O)c1ccccc1)NOC(=O)c1ccccc1. The maximum Gasteiger partial charge on any atom is 0.362 e. The number of carbonyl (C=O) groups is 4. The lowest BCUT2D eigenvalue weighted by Gasteiger charge is -2.06. The molecule has 8 heteroatoms. The summed E-state index contributed by atoms with van der Waals surface area (Å²) in [5.74, 6) is -1.87. The quantitative estimate of drug-likeness (QED) is 0.405. The summed E-state index contributed by atoms with van der Waals surface area (Å²) in [6.07, 6.45) is 5.51. The molecule has 0 saturated heterocycles. The van der Waals surface area contributed by atoms with Crippen LogP contribution in [0.2, 0.25) is 0 Å². The predicted molar refractivity (Wildman–Crippen MR) is 117 cm³/mol. The van der Waals surface area contributed by atoms with Crippen LogP contribution in [0, 0.1) is 0 Å². The molecule has 0 radical (unpaired) electrons. The second-order valence-corrected chi connectivity index (χ2v) is 7.18. The first-order chi connectivity index (χ1) is 15.6. The molecule has 0 aromatic heterocycles. The molecule has 0 bridgehead atoms. The zero-order valence-electron chi connectivity index (χ0n) is 17.9. The Labute approximate surface area is 187 Å². The lowest BCUT2D eigenvalue weighted by molar-refractivity contribution is -0.130. The van der Waals surface area contributed by atoms with E-state index in [4.69, 9.17) is 9.68 Å². The summed E-state index contributed by atoms with van der Waals surface area (Å²) in [6, 6.07) is 16.9. The van der Waals surface area contributed by atoms with Crippen LogP contribution >= 0.6 is 0 Å². The van der Waals surface area contributed by atoms with Gasteiger partial charge in [0, 0.05) is 12.8 Å². The molecule has 0 unspecified atom stereocenters. The van der Waals surface area contributed by atoms with Crippen LogP contribution in [0.5, 0.6) is 0 Å². The highest BCUT2D eigenvalue weighted by Crippen LogP contribution is 2.09. The van der Waals surface area contributed by atoms with Crippen LogP contribution in [0.1, 0.15) is 72.1 Å². The Morgan fingerprint density at radius 3 is 1.25 bits per heavy atom. The topological polar surface area (TPSA) is 111 Å². The van der Waals surface area contributed by atoms with E-state index in [2.05, 4.69) is 11.0 Å². The van der Waals surface area contributed by atoms with Gasteiger partial charge in [-0.2, -0.15) is 11.0 Å². The van der Waals surface area contributed by atoms with E-state index in [-0.39, 0.29) is 24.7 Å². The molecular weight excluding hydrogens is 412 g/mol. The summed E-state index contributed by atoms with van der Waals surface area (Å²) < 4.78 is 0. The highest BCUT2D eigenvalue weighted by molar-refractivity contribution is 5.90. The van der Waals surface area contributed by atoms with Gasteiger partial charge < -0.3 is 9.68 Å². The number of hydrogen-bond acceptors (Lipinski definition) is 6. The first kappa shape index (κ1) is 24.6. The molecule has 0 heterocycles. The molecule has 8 nitrogen and oxygen atoms in total. The molecule has 2 aromatic carbocycles. The van der Waals surface area contributed by atoms with Crippen molar-refractivity contribution in [2.24, 2.45) is 0 Å². The Kier molecular flexibility index (Phi) is 11.0. The van der Waals surface area contributed by atoms with Crippen LogP contribution in [0.25, 0.3) is 0 Å². The first-order valence-corrected chi connectivity index (χ1v) is 10.7. The summed E-state index contributed by atoms with van der Waals surface area (Å²) in [6.45, 7) is 0. The lowest BCUT2D eigenvalue weighted by atomic mass is 10.1. The van der Waals surface area contributed by atoms with Gasteiger partial charge in [-0.1, -0.05) is 62.1 Å². The number of hydrogen-bond donors (Lipinski definition) is 2. The summed E-state index contributed by atoms with van der Waals surface area (Å²) in [7, 11) is 0. The number of benzene rings is 2. The molecule has 0 fully saturated rings. The van der Waals surface area contributed by atoms with Crippen LogP contribution in [-0.4, -0.2) is 23.8 Å². The van der Waals surface area contributed by atoms with Gasteiger partial charge in [-0.25, -0.2) is 9.59 Å². The molecule has 0 aliphatic carbocycles. The normalized spacial score (nSPS) is 10.1. The van der Waals surface area contributed by atoms with Crippen molar-refractivity contribution in [1.82, 2.24) is 11.0 Å². The zero-order chi connectivity index (χ0) is 23.0. The van der Waals surface area contributed by atoms with E-state index in [0.717, 1.165) is 25.7 Å². The van der Waals surface area contributed by atoms with Crippen LogP contribution in [-0.2, 0) is 19.3 Å². The Morgan fingerprint density at radius 2 is 0.875 bits per heavy atom. The van der Waals surface area contributed by atoms with Crippen LogP contribution in [0.15, 0.2) is 60.7 Å². The van der Waals surface area contributed by atoms with Gasteiger partial charge in [-0.15, -0.1) is 0 Å². The highest BCUT2D eigenvalue weighted by Gasteiger charge is 2.10. The van der Waals surface area contributed by atoms with Crippen molar-refractivity contribution in [3.63, 3.8) is 0 Å². The van der Waals surface area contributed by atoms with Crippen molar-refractivity contribution in [3.8, 4) is 0 Å². The highest BCUT2D eigenvalue weighted by atomic mass is 16.7. The number of nitrogens with one attached hydrogen (secondary N) is 2. The third-order valence-corrected chi connectivity index (χ3v) is 4.59. The Bertz CT molecular complexity index is 797. The van der Waals surface area contributed by atoms with Crippen LogP contribution < -0.4 is 11.0 Å². The van der Waals surface area contributed by atoms with Gasteiger partial charge in [0.15, 0.2) is 0 Å². The molecule has 0 aliphatic rings. The molecule has 2 N–H and O–H groups in total. The maximum atomic E-state index is 11.7. The predicted octanol–water partition coefficient (Wildman–Crippen LogP) is 3.88. The number of rotatable bonds is 11. The second kappa shape index (κ2) is 14.3.